The first-order chi connectivity index (χ1) is 18.3. The predicted octanol–water partition coefficient (Wildman–Crippen LogP) is 5.95. The summed E-state index contributed by atoms with van der Waals surface area (Å²) in [4.78, 5) is 7.81. The Morgan fingerprint density at radius 3 is 1.10 bits per heavy atom. The zero-order valence-electron chi connectivity index (χ0n) is 21.5. The molecule has 6 aromatic rings. The summed E-state index contributed by atoms with van der Waals surface area (Å²) in [6, 6.07) is 51.1. The summed E-state index contributed by atoms with van der Waals surface area (Å²) in [7, 11) is 0. The van der Waals surface area contributed by atoms with Crippen LogP contribution in [0.4, 0.5) is 0 Å². The number of nitrogens with zero attached hydrogens (tertiary/aromatic N) is 2. The third-order valence-electron chi connectivity index (χ3n) is 4.88. The largest absolute Gasteiger partial charge is 2.00 e. The molecule has 5 heteroatoms. The maximum atomic E-state index is 5.48. The molecule has 0 N–H and O–H groups in total. The van der Waals surface area contributed by atoms with E-state index in [2.05, 4.69) is 82.8 Å². The van der Waals surface area contributed by atoms with E-state index in [9.17, 15) is 0 Å². The van der Waals surface area contributed by atoms with Crippen molar-refractivity contribution < 1.29 is 17.0 Å². The van der Waals surface area contributed by atoms with E-state index in [1.807, 2.05) is 72.9 Å². The Hall–Kier alpha value is -3.28. The van der Waals surface area contributed by atoms with Crippen LogP contribution in [-0.4, -0.2) is 33.0 Å². The minimum absolute atomic E-state index is 0. The number of hydrogen-bond acceptors (Lipinski definition) is 2. The van der Waals surface area contributed by atoms with E-state index in [0.717, 1.165) is 5.56 Å². The van der Waals surface area contributed by atoms with Crippen LogP contribution in [0.25, 0.3) is 22.3 Å². The molecule has 0 saturated heterocycles. The molecule has 2 nitrogen and oxygen atoms in total. The average Bonchev–Trinajstić information content (AvgIpc) is 3.01. The van der Waals surface area contributed by atoms with E-state index in [-0.39, 0.29) is 40.0 Å². The average molecular weight is 604 g/mol. The first-order valence-electron chi connectivity index (χ1n) is 11.9. The van der Waals surface area contributed by atoms with Gasteiger partial charge in [-0.3, -0.25) is 9.97 Å². The van der Waals surface area contributed by atoms with Crippen LogP contribution in [0.1, 0.15) is 0 Å². The number of rotatable bonds is 2. The first kappa shape index (κ1) is 33.7. The van der Waals surface area contributed by atoms with E-state index >= 15 is 0 Å². The molecule has 0 atom stereocenters. The van der Waals surface area contributed by atoms with Crippen LogP contribution in [0.5, 0.6) is 0 Å². The molecule has 0 bridgehead atoms. The van der Waals surface area contributed by atoms with Gasteiger partial charge in [0.25, 0.3) is 0 Å². The van der Waals surface area contributed by atoms with Crippen LogP contribution >= 0.6 is 11.6 Å². The van der Waals surface area contributed by atoms with Gasteiger partial charge in [-0.25, -0.2) is 0 Å². The molecule has 0 radical (unpaired) electrons. The Morgan fingerprint density at radius 1 is 0.436 bits per heavy atom. The van der Waals surface area contributed by atoms with Gasteiger partial charge in [-0.2, -0.15) is 36.4 Å². The second kappa shape index (κ2) is 21.6. The van der Waals surface area contributed by atoms with Gasteiger partial charge in [-0.15, -0.1) is 0 Å². The quantitative estimate of drug-likeness (QED) is 0.181. The van der Waals surface area contributed by atoms with Crippen molar-refractivity contribution in [1.29, 1.82) is 0 Å². The second-order valence-electron chi connectivity index (χ2n) is 7.59. The van der Waals surface area contributed by atoms with Crippen molar-refractivity contribution in [3.63, 3.8) is 0 Å². The van der Waals surface area contributed by atoms with E-state index in [4.69, 9.17) is 11.6 Å². The Bertz CT molecular complexity index is 1170. The summed E-state index contributed by atoms with van der Waals surface area (Å²) in [5.74, 6) is 0. The van der Waals surface area contributed by atoms with Gasteiger partial charge in [0.1, 0.15) is 0 Å². The monoisotopic (exact) mass is 602 g/mol. The molecule has 0 aliphatic heterocycles. The molecule has 0 spiro atoms. The van der Waals surface area contributed by atoms with Crippen LogP contribution in [0.2, 0.25) is 5.02 Å². The zero-order valence-corrected chi connectivity index (χ0v) is 25.3. The molecule has 39 heavy (non-hydrogen) atoms. The summed E-state index contributed by atoms with van der Waals surface area (Å²) in [5.41, 5.74) is 4.93. The van der Waals surface area contributed by atoms with Crippen molar-refractivity contribution in [3.8, 4) is 22.3 Å². The van der Waals surface area contributed by atoms with Crippen LogP contribution < -0.4 is 17.0 Å². The van der Waals surface area contributed by atoms with E-state index in [0.29, 0.717) is 5.02 Å². The van der Waals surface area contributed by atoms with Gasteiger partial charge in [-0.05, 0) is 40.5 Å². The molecule has 0 amide bonds. The molecule has 0 saturated carbocycles. The summed E-state index contributed by atoms with van der Waals surface area (Å²) in [6.07, 6.45) is 6.94. The fourth-order valence-corrected chi connectivity index (χ4v) is 3.24. The van der Waals surface area contributed by atoms with E-state index in [1.54, 1.807) is 30.7 Å². The minimum Gasteiger partial charge on any atom is -1.00 e. The standard InChI is InChI=1S/C12H10.C11H9N.C6H5.C5H4ClN.BrH.Mg/c1-3-7-11(8-4-1)12-9-5-2-6-10-12;1-2-5-10(6-3-1)11-7-4-8-12-9-11;1-2-4-6-5-3-1;6-5-2-1-3-7-4-5;;/h1-10H;1-9H;1-5H;1-4H;1H;/q;;-1;;;+2/p-1. The molecule has 0 unspecified atom stereocenters. The van der Waals surface area contributed by atoms with Crippen molar-refractivity contribution in [2.75, 3.05) is 0 Å². The molecular weight excluding hydrogens is 576 g/mol. The number of pyridine rings is 2. The van der Waals surface area contributed by atoms with Crippen LogP contribution in [-0.2, 0) is 0 Å². The summed E-state index contributed by atoms with van der Waals surface area (Å²) in [6.45, 7) is 0. The molecule has 190 valence electrons. The van der Waals surface area contributed by atoms with Crippen LogP contribution in [0.15, 0.2) is 170 Å². The molecule has 0 aliphatic rings. The summed E-state index contributed by atoms with van der Waals surface area (Å²) < 4.78 is 0. The fourth-order valence-electron chi connectivity index (χ4n) is 3.11. The molecule has 0 fully saturated rings. The molecule has 2 heterocycles. The van der Waals surface area contributed by atoms with E-state index in [1.165, 1.54) is 16.7 Å². The van der Waals surface area contributed by atoms with Gasteiger partial charge >= 0.3 is 23.1 Å². The normalized spacial score (nSPS) is 8.74. The van der Waals surface area contributed by atoms with Gasteiger partial charge < -0.3 is 17.0 Å². The Labute approximate surface area is 263 Å². The SMILES string of the molecule is Clc1cccnc1.[Br-].[Mg+2].[c-]1ccccc1.c1ccc(-c2ccccc2)cc1.c1ccc(-c2cccnc2)cc1. The zero-order chi connectivity index (χ0) is 25.8. The van der Waals surface area contributed by atoms with E-state index < -0.39 is 0 Å². The molecule has 6 rings (SSSR count). The maximum absolute atomic E-state index is 5.48. The van der Waals surface area contributed by atoms with Crippen LogP contribution in [0, 0.1) is 6.07 Å². The van der Waals surface area contributed by atoms with Gasteiger partial charge in [0.15, 0.2) is 0 Å². The van der Waals surface area contributed by atoms with Gasteiger partial charge in [-0.1, -0.05) is 109 Å². The molecule has 0 aliphatic carbocycles. The summed E-state index contributed by atoms with van der Waals surface area (Å²) in [5, 5.41) is 0.683. The fraction of sp³-hybridized carbons (Fsp3) is 0. The van der Waals surface area contributed by atoms with Crippen molar-refractivity contribution in [2.24, 2.45) is 0 Å². The van der Waals surface area contributed by atoms with Crippen molar-refractivity contribution in [1.82, 2.24) is 9.97 Å². The minimum atomic E-state index is 0. The van der Waals surface area contributed by atoms with Crippen molar-refractivity contribution in [2.45, 2.75) is 0 Å². The molecule has 2 aromatic heterocycles. The third-order valence-corrected chi connectivity index (χ3v) is 5.11. The smallest absolute Gasteiger partial charge is 1.00 e. The van der Waals surface area contributed by atoms with Gasteiger partial charge in [0, 0.05) is 24.8 Å². The van der Waals surface area contributed by atoms with Crippen LogP contribution in [0.3, 0.4) is 0 Å². The van der Waals surface area contributed by atoms with Gasteiger partial charge in [0.05, 0.1) is 5.02 Å². The molecule has 4 aromatic carbocycles. The molecular formula is C34H28BrClMgN2. The third kappa shape index (κ3) is 14.4. The Kier molecular flexibility index (Phi) is 18.7. The Balaban J connectivity index is 0.000000266. The van der Waals surface area contributed by atoms with Crippen molar-refractivity contribution in [3.05, 3.63) is 181 Å². The van der Waals surface area contributed by atoms with Crippen molar-refractivity contribution >= 4 is 34.7 Å². The summed E-state index contributed by atoms with van der Waals surface area (Å²) >= 11 is 5.48. The predicted molar refractivity (Wildman–Crippen MR) is 162 cm³/mol. The first-order valence-corrected chi connectivity index (χ1v) is 12.2. The number of halogens is 2. The maximum Gasteiger partial charge on any atom is 2.00 e. The second-order valence-corrected chi connectivity index (χ2v) is 8.02. The van der Waals surface area contributed by atoms with Gasteiger partial charge in [0.2, 0.25) is 0 Å². The topological polar surface area (TPSA) is 25.8 Å². The number of hydrogen-bond donors (Lipinski definition) is 0. The number of aromatic nitrogens is 2. The number of benzene rings is 4. The Morgan fingerprint density at radius 2 is 0.821 bits per heavy atom.